The molecule has 1 aromatic rings. The summed E-state index contributed by atoms with van der Waals surface area (Å²) in [4.78, 5) is 24.8. The standard InChI is InChI=1S/C14H17NO5/c1-15(2)8-12(14(18)20-4)10-6-5-9(19-3)7-11(10)13(16)17/h5-8H,1-4H3,(H,16,17). The third-order valence-corrected chi connectivity index (χ3v) is 2.54. The zero-order chi connectivity index (χ0) is 15.3. The highest BCUT2D eigenvalue weighted by Gasteiger charge is 2.20. The number of rotatable bonds is 5. The number of hydrogen-bond donors (Lipinski definition) is 1. The SMILES string of the molecule is COC(=O)C(=CN(C)C)c1ccc(OC)cc1C(=O)O. The van der Waals surface area contributed by atoms with Crippen LogP contribution in [-0.2, 0) is 9.53 Å². The van der Waals surface area contributed by atoms with Crippen LogP contribution in [0.25, 0.3) is 5.57 Å². The number of aromatic carboxylic acids is 1. The van der Waals surface area contributed by atoms with Crippen LogP contribution in [0.4, 0.5) is 0 Å². The summed E-state index contributed by atoms with van der Waals surface area (Å²) in [7, 11) is 6.15. The first-order valence-electron chi connectivity index (χ1n) is 5.79. The molecule has 0 aromatic heterocycles. The van der Waals surface area contributed by atoms with Crippen LogP contribution in [0.1, 0.15) is 15.9 Å². The highest BCUT2D eigenvalue weighted by Crippen LogP contribution is 2.25. The molecule has 0 spiro atoms. The molecular formula is C14H17NO5. The average molecular weight is 279 g/mol. The summed E-state index contributed by atoms with van der Waals surface area (Å²) >= 11 is 0. The van der Waals surface area contributed by atoms with E-state index in [9.17, 15) is 14.7 Å². The Hall–Kier alpha value is -2.50. The first-order valence-corrected chi connectivity index (χ1v) is 5.79. The van der Waals surface area contributed by atoms with Crippen LogP contribution in [0.15, 0.2) is 24.4 Å². The fraction of sp³-hybridized carbons (Fsp3) is 0.286. The van der Waals surface area contributed by atoms with Crippen LogP contribution in [0, 0.1) is 0 Å². The molecule has 0 saturated heterocycles. The second kappa shape index (κ2) is 6.60. The molecule has 0 heterocycles. The summed E-state index contributed by atoms with van der Waals surface area (Å²) in [6, 6.07) is 4.48. The van der Waals surface area contributed by atoms with Crippen molar-refractivity contribution in [3.63, 3.8) is 0 Å². The fourth-order valence-electron chi connectivity index (χ4n) is 1.66. The first kappa shape index (κ1) is 15.6. The van der Waals surface area contributed by atoms with Crippen molar-refractivity contribution < 1.29 is 24.2 Å². The zero-order valence-electron chi connectivity index (χ0n) is 11.8. The van der Waals surface area contributed by atoms with Gasteiger partial charge in [-0.25, -0.2) is 9.59 Å². The highest BCUT2D eigenvalue weighted by molar-refractivity contribution is 6.18. The van der Waals surface area contributed by atoms with Gasteiger partial charge in [0.05, 0.1) is 25.4 Å². The van der Waals surface area contributed by atoms with Crippen LogP contribution in [0.2, 0.25) is 0 Å². The van der Waals surface area contributed by atoms with Gasteiger partial charge in [0.1, 0.15) is 5.75 Å². The number of ether oxygens (including phenoxy) is 2. The number of nitrogens with zero attached hydrogens (tertiary/aromatic N) is 1. The van der Waals surface area contributed by atoms with Crippen molar-refractivity contribution in [2.24, 2.45) is 0 Å². The van der Waals surface area contributed by atoms with Gasteiger partial charge in [-0.1, -0.05) is 0 Å². The van der Waals surface area contributed by atoms with Gasteiger partial charge >= 0.3 is 11.9 Å². The van der Waals surface area contributed by atoms with E-state index in [0.29, 0.717) is 5.75 Å². The van der Waals surface area contributed by atoms with E-state index < -0.39 is 11.9 Å². The van der Waals surface area contributed by atoms with Crippen molar-refractivity contribution in [2.75, 3.05) is 28.3 Å². The molecule has 0 aliphatic carbocycles. The lowest BCUT2D eigenvalue weighted by atomic mass is 9.99. The third-order valence-electron chi connectivity index (χ3n) is 2.54. The molecule has 20 heavy (non-hydrogen) atoms. The van der Waals surface area contributed by atoms with Crippen LogP contribution in [0.3, 0.4) is 0 Å². The van der Waals surface area contributed by atoms with E-state index in [4.69, 9.17) is 9.47 Å². The van der Waals surface area contributed by atoms with Crippen LogP contribution in [-0.4, -0.2) is 50.3 Å². The maximum atomic E-state index is 11.8. The Labute approximate surface area is 117 Å². The van der Waals surface area contributed by atoms with Crippen LogP contribution < -0.4 is 4.74 Å². The summed E-state index contributed by atoms with van der Waals surface area (Å²) in [5.41, 5.74) is 0.416. The molecular weight excluding hydrogens is 262 g/mol. The molecule has 0 radical (unpaired) electrons. The number of carbonyl (C=O) groups excluding carboxylic acids is 1. The zero-order valence-corrected chi connectivity index (χ0v) is 11.8. The average Bonchev–Trinajstić information content (AvgIpc) is 2.43. The molecule has 0 fully saturated rings. The monoisotopic (exact) mass is 279 g/mol. The Balaban J connectivity index is 3.47. The summed E-state index contributed by atoms with van der Waals surface area (Å²) < 4.78 is 9.70. The van der Waals surface area contributed by atoms with Gasteiger partial charge in [0.25, 0.3) is 0 Å². The van der Waals surface area contributed by atoms with Crippen molar-refractivity contribution in [3.05, 3.63) is 35.5 Å². The molecule has 108 valence electrons. The van der Waals surface area contributed by atoms with E-state index in [1.165, 1.54) is 32.6 Å². The normalized spacial score (nSPS) is 10.9. The molecule has 0 bridgehead atoms. The molecule has 1 aromatic carbocycles. The van der Waals surface area contributed by atoms with Gasteiger partial charge in [0.2, 0.25) is 0 Å². The minimum Gasteiger partial charge on any atom is -0.497 e. The number of esters is 1. The smallest absolute Gasteiger partial charge is 0.339 e. The van der Waals surface area contributed by atoms with Gasteiger partial charge in [0, 0.05) is 25.9 Å². The van der Waals surface area contributed by atoms with Gasteiger partial charge in [0.15, 0.2) is 0 Å². The number of carboxylic acids is 1. The number of carbonyl (C=O) groups is 2. The number of carboxylic acid groups (broad SMARTS) is 1. The predicted octanol–water partition coefficient (Wildman–Crippen LogP) is 1.47. The van der Waals surface area contributed by atoms with Crippen LogP contribution >= 0.6 is 0 Å². The van der Waals surface area contributed by atoms with E-state index in [1.807, 2.05) is 0 Å². The van der Waals surface area contributed by atoms with Crippen molar-refractivity contribution in [1.82, 2.24) is 4.90 Å². The van der Waals surface area contributed by atoms with Crippen molar-refractivity contribution >= 4 is 17.5 Å². The summed E-state index contributed by atoms with van der Waals surface area (Å²) in [6.07, 6.45) is 1.51. The van der Waals surface area contributed by atoms with Gasteiger partial charge < -0.3 is 19.5 Å². The van der Waals surface area contributed by atoms with E-state index in [2.05, 4.69) is 0 Å². The lowest BCUT2D eigenvalue weighted by Crippen LogP contribution is -2.13. The quantitative estimate of drug-likeness (QED) is 0.649. The van der Waals surface area contributed by atoms with E-state index in [-0.39, 0.29) is 16.7 Å². The molecule has 6 nitrogen and oxygen atoms in total. The van der Waals surface area contributed by atoms with Gasteiger partial charge in [-0.3, -0.25) is 0 Å². The Kier molecular flexibility index (Phi) is 5.14. The number of hydrogen-bond acceptors (Lipinski definition) is 5. The predicted molar refractivity (Wildman–Crippen MR) is 73.6 cm³/mol. The topological polar surface area (TPSA) is 76.1 Å². The fourth-order valence-corrected chi connectivity index (χ4v) is 1.66. The Morgan fingerprint density at radius 3 is 2.30 bits per heavy atom. The maximum absolute atomic E-state index is 11.8. The van der Waals surface area contributed by atoms with E-state index in [1.54, 1.807) is 25.1 Å². The summed E-state index contributed by atoms with van der Waals surface area (Å²) in [5, 5.41) is 9.27. The molecule has 6 heteroatoms. The molecule has 0 amide bonds. The van der Waals surface area contributed by atoms with Gasteiger partial charge in [-0.05, 0) is 18.2 Å². The number of benzene rings is 1. The lowest BCUT2D eigenvalue weighted by Gasteiger charge is -2.13. The first-order chi connectivity index (χ1) is 9.40. The Morgan fingerprint density at radius 2 is 1.85 bits per heavy atom. The molecule has 0 saturated carbocycles. The maximum Gasteiger partial charge on any atom is 0.339 e. The van der Waals surface area contributed by atoms with E-state index >= 15 is 0 Å². The van der Waals surface area contributed by atoms with E-state index in [0.717, 1.165) is 0 Å². The van der Waals surface area contributed by atoms with Crippen molar-refractivity contribution in [3.8, 4) is 5.75 Å². The molecule has 0 aliphatic rings. The molecule has 0 aliphatic heterocycles. The second-order valence-electron chi connectivity index (χ2n) is 4.21. The largest absolute Gasteiger partial charge is 0.497 e. The highest BCUT2D eigenvalue weighted by atomic mass is 16.5. The van der Waals surface area contributed by atoms with Crippen molar-refractivity contribution in [2.45, 2.75) is 0 Å². The molecule has 0 atom stereocenters. The van der Waals surface area contributed by atoms with Gasteiger partial charge in [-0.15, -0.1) is 0 Å². The molecule has 1 N–H and O–H groups in total. The molecule has 1 rings (SSSR count). The summed E-state index contributed by atoms with van der Waals surface area (Å²) in [5.74, 6) is -1.35. The van der Waals surface area contributed by atoms with Gasteiger partial charge in [-0.2, -0.15) is 0 Å². The minimum absolute atomic E-state index is 0.0251. The second-order valence-corrected chi connectivity index (χ2v) is 4.21. The Morgan fingerprint density at radius 1 is 1.20 bits per heavy atom. The lowest BCUT2D eigenvalue weighted by molar-refractivity contribution is -0.133. The summed E-state index contributed by atoms with van der Waals surface area (Å²) in [6.45, 7) is 0. The third kappa shape index (κ3) is 3.50. The minimum atomic E-state index is -1.15. The molecule has 0 unspecified atom stereocenters. The van der Waals surface area contributed by atoms with Crippen molar-refractivity contribution in [1.29, 1.82) is 0 Å². The number of methoxy groups -OCH3 is 2. The Bertz CT molecular complexity index is 548. The van der Waals surface area contributed by atoms with Crippen LogP contribution in [0.5, 0.6) is 5.75 Å².